The molecule has 0 spiro atoms. The van der Waals surface area contributed by atoms with Crippen LogP contribution in [0.4, 0.5) is 0 Å². The second-order valence-electron chi connectivity index (χ2n) is 6.22. The van der Waals surface area contributed by atoms with E-state index in [-0.39, 0.29) is 12.4 Å². The molecule has 0 atom stereocenters. The van der Waals surface area contributed by atoms with Gasteiger partial charge in [0.15, 0.2) is 11.3 Å². The van der Waals surface area contributed by atoms with Gasteiger partial charge in [-0.1, -0.05) is 23.2 Å². The summed E-state index contributed by atoms with van der Waals surface area (Å²) in [6.45, 7) is 3.33. The number of ether oxygens (including phenoxy) is 1. The van der Waals surface area contributed by atoms with Gasteiger partial charge >= 0.3 is 5.97 Å². The second kappa shape index (κ2) is 9.03. The van der Waals surface area contributed by atoms with Crippen molar-refractivity contribution in [1.29, 1.82) is 0 Å². The molecule has 0 aliphatic carbocycles. The molecule has 0 fully saturated rings. The molecule has 8 heteroatoms. The van der Waals surface area contributed by atoms with Gasteiger partial charge in [-0.05, 0) is 72.3 Å². The van der Waals surface area contributed by atoms with E-state index in [1.807, 2.05) is 24.5 Å². The van der Waals surface area contributed by atoms with Crippen molar-refractivity contribution in [3.8, 4) is 5.69 Å². The van der Waals surface area contributed by atoms with Gasteiger partial charge < -0.3 is 13.7 Å². The van der Waals surface area contributed by atoms with Crippen molar-refractivity contribution in [2.75, 3.05) is 6.61 Å². The molecule has 0 saturated heterocycles. The Morgan fingerprint density at radius 2 is 1.90 bits per heavy atom. The van der Waals surface area contributed by atoms with E-state index >= 15 is 0 Å². The van der Waals surface area contributed by atoms with Crippen LogP contribution in [-0.4, -0.2) is 22.9 Å². The minimum Gasteiger partial charge on any atom is -0.454 e. The molecular weight excluding hydrogens is 481 g/mol. The van der Waals surface area contributed by atoms with Crippen LogP contribution in [0, 0.1) is 13.8 Å². The van der Waals surface area contributed by atoms with Gasteiger partial charge in [-0.3, -0.25) is 4.79 Å². The number of ketones is 1. The molecule has 3 rings (SSSR count). The number of rotatable bonds is 6. The zero-order valence-electron chi connectivity index (χ0n) is 15.5. The number of aryl methyl sites for hydroxylation is 1. The fourth-order valence-electron chi connectivity index (χ4n) is 2.90. The van der Waals surface area contributed by atoms with E-state index < -0.39 is 5.97 Å². The summed E-state index contributed by atoms with van der Waals surface area (Å²) >= 11 is 15.3. The fraction of sp³-hybridized carbons (Fsp3) is 0.143. The Balaban J connectivity index is 1.70. The van der Waals surface area contributed by atoms with Crippen LogP contribution >= 0.6 is 39.1 Å². The highest BCUT2D eigenvalue weighted by Crippen LogP contribution is 2.28. The van der Waals surface area contributed by atoms with Crippen molar-refractivity contribution < 1.29 is 18.7 Å². The molecule has 29 heavy (non-hydrogen) atoms. The van der Waals surface area contributed by atoms with E-state index in [0.717, 1.165) is 17.1 Å². The maximum atomic E-state index is 12.6. The Morgan fingerprint density at radius 3 is 2.55 bits per heavy atom. The number of hydrogen-bond acceptors (Lipinski definition) is 4. The first-order valence-electron chi connectivity index (χ1n) is 8.54. The van der Waals surface area contributed by atoms with E-state index in [0.29, 0.717) is 26.0 Å². The third-order valence-corrected chi connectivity index (χ3v) is 5.38. The van der Waals surface area contributed by atoms with Gasteiger partial charge in [0.1, 0.15) is 5.76 Å². The summed E-state index contributed by atoms with van der Waals surface area (Å²) in [4.78, 5) is 24.4. The monoisotopic (exact) mass is 495 g/mol. The van der Waals surface area contributed by atoms with E-state index in [2.05, 4.69) is 15.9 Å². The predicted octanol–water partition coefficient (Wildman–Crippen LogP) is 6.20. The number of hydrogen-bond donors (Lipinski definition) is 0. The Morgan fingerprint density at radius 1 is 1.14 bits per heavy atom. The maximum Gasteiger partial charge on any atom is 0.331 e. The largest absolute Gasteiger partial charge is 0.454 e. The first-order chi connectivity index (χ1) is 13.8. The van der Waals surface area contributed by atoms with Gasteiger partial charge in [0, 0.05) is 28.7 Å². The van der Waals surface area contributed by atoms with Crippen LogP contribution in [0.3, 0.4) is 0 Å². The van der Waals surface area contributed by atoms with Crippen molar-refractivity contribution in [1.82, 2.24) is 4.57 Å². The lowest BCUT2D eigenvalue weighted by molar-refractivity contribution is -0.136. The third kappa shape index (κ3) is 5.01. The van der Waals surface area contributed by atoms with Crippen molar-refractivity contribution in [3.63, 3.8) is 0 Å². The molecule has 0 saturated carbocycles. The van der Waals surface area contributed by atoms with E-state index in [4.69, 9.17) is 32.4 Å². The second-order valence-corrected chi connectivity index (χ2v) is 7.82. The summed E-state index contributed by atoms with van der Waals surface area (Å²) in [5, 5.41) is 0.880. The average Bonchev–Trinajstić information content (AvgIpc) is 3.23. The molecule has 0 unspecified atom stereocenters. The average molecular weight is 497 g/mol. The van der Waals surface area contributed by atoms with Gasteiger partial charge in [-0.25, -0.2) is 4.79 Å². The summed E-state index contributed by atoms with van der Waals surface area (Å²) in [5.74, 6) is -0.443. The highest BCUT2D eigenvalue weighted by atomic mass is 79.9. The number of benzene rings is 1. The standard InChI is InChI=1S/C21H16BrCl2NO4/c1-12-9-16(13(2)25(12)14-3-6-17(23)18(24)10-14)19(26)11-28-21(27)8-5-15-4-7-20(22)29-15/h3-10H,11H2,1-2H3. The minimum absolute atomic E-state index is 0.299. The van der Waals surface area contributed by atoms with Crippen molar-refractivity contribution >= 4 is 57.0 Å². The zero-order valence-corrected chi connectivity index (χ0v) is 18.6. The van der Waals surface area contributed by atoms with Crippen LogP contribution in [0.1, 0.15) is 27.5 Å². The SMILES string of the molecule is Cc1cc(C(=O)COC(=O)C=Cc2ccc(Br)o2)c(C)n1-c1ccc(Cl)c(Cl)c1. The number of aromatic nitrogens is 1. The molecule has 2 heterocycles. The molecule has 3 aromatic rings. The van der Waals surface area contributed by atoms with E-state index in [1.54, 1.807) is 30.3 Å². The van der Waals surface area contributed by atoms with Crippen LogP contribution < -0.4 is 0 Å². The zero-order chi connectivity index (χ0) is 21.1. The molecule has 0 amide bonds. The van der Waals surface area contributed by atoms with Gasteiger partial charge in [0.25, 0.3) is 0 Å². The van der Waals surface area contributed by atoms with Crippen LogP contribution in [0.5, 0.6) is 0 Å². The van der Waals surface area contributed by atoms with E-state index in [1.165, 1.54) is 12.2 Å². The Labute approximate surface area is 186 Å². The first kappa shape index (κ1) is 21.4. The van der Waals surface area contributed by atoms with Crippen molar-refractivity contribution in [3.05, 3.63) is 79.9 Å². The van der Waals surface area contributed by atoms with Gasteiger partial charge in [-0.15, -0.1) is 0 Å². The molecule has 150 valence electrons. The number of nitrogens with zero attached hydrogens (tertiary/aromatic N) is 1. The number of furan rings is 1. The number of carbonyl (C=O) groups is 2. The molecular formula is C21H16BrCl2NO4. The lowest BCUT2D eigenvalue weighted by atomic mass is 10.1. The lowest BCUT2D eigenvalue weighted by Crippen LogP contribution is -2.13. The summed E-state index contributed by atoms with van der Waals surface area (Å²) in [6, 6.07) is 10.4. The predicted molar refractivity (Wildman–Crippen MR) is 116 cm³/mol. The molecule has 0 radical (unpaired) electrons. The van der Waals surface area contributed by atoms with Crippen LogP contribution in [0.25, 0.3) is 11.8 Å². The van der Waals surface area contributed by atoms with E-state index in [9.17, 15) is 9.59 Å². The number of carbonyl (C=O) groups excluding carboxylic acids is 2. The van der Waals surface area contributed by atoms with Crippen LogP contribution in [0.2, 0.25) is 10.0 Å². The Bertz CT molecular complexity index is 1110. The Hall–Kier alpha value is -2.28. The molecule has 5 nitrogen and oxygen atoms in total. The summed E-state index contributed by atoms with van der Waals surface area (Å²) in [5.41, 5.74) is 2.83. The van der Waals surface area contributed by atoms with Crippen LogP contribution in [0.15, 0.2) is 51.6 Å². The van der Waals surface area contributed by atoms with Crippen LogP contribution in [-0.2, 0) is 9.53 Å². The van der Waals surface area contributed by atoms with Crippen molar-refractivity contribution in [2.45, 2.75) is 13.8 Å². The highest BCUT2D eigenvalue weighted by molar-refractivity contribution is 9.10. The molecule has 0 aliphatic heterocycles. The number of Topliss-reactive ketones (excluding diaryl/α,β-unsaturated/α-hetero) is 1. The molecule has 2 aromatic heterocycles. The topological polar surface area (TPSA) is 61.4 Å². The highest BCUT2D eigenvalue weighted by Gasteiger charge is 2.18. The van der Waals surface area contributed by atoms with Crippen molar-refractivity contribution in [2.24, 2.45) is 0 Å². The lowest BCUT2D eigenvalue weighted by Gasteiger charge is -2.11. The van der Waals surface area contributed by atoms with Gasteiger partial charge in [-0.2, -0.15) is 0 Å². The first-order valence-corrected chi connectivity index (χ1v) is 10.1. The summed E-state index contributed by atoms with van der Waals surface area (Å²) < 4.78 is 12.8. The fourth-order valence-corrected chi connectivity index (χ4v) is 3.51. The normalized spacial score (nSPS) is 11.2. The van der Waals surface area contributed by atoms with Gasteiger partial charge in [0.05, 0.1) is 10.0 Å². The Kier molecular flexibility index (Phi) is 6.67. The molecule has 0 N–H and O–H groups in total. The van der Waals surface area contributed by atoms with Gasteiger partial charge in [0.2, 0.25) is 5.78 Å². The molecule has 0 aliphatic rings. The molecule has 0 bridgehead atoms. The molecule has 1 aromatic carbocycles. The maximum absolute atomic E-state index is 12.6. The smallest absolute Gasteiger partial charge is 0.331 e. The number of halogens is 3. The summed E-state index contributed by atoms with van der Waals surface area (Å²) in [7, 11) is 0. The quantitative estimate of drug-likeness (QED) is 0.231. The minimum atomic E-state index is -0.635. The summed E-state index contributed by atoms with van der Waals surface area (Å²) in [6.07, 6.45) is 2.67. The number of esters is 1. The third-order valence-electron chi connectivity index (χ3n) is 4.22.